The van der Waals surface area contributed by atoms with E-state index in [1.807, 2.05) is 0 Å². The van der Waals surface area contributed by atoms with E-state index in [1.54, 1.807) is 0 Å². The summed E-state index contributed by atoms with van der Waals surface area (Å²) in [6, 6.07) is -0.835. The molecule has 2 aliphatic heterocycles. The van der Waals surface area contributed by atoms with Gasteiger partial charge in [-0.3, -0.25) is 9.69 Å². The zero-order chi connectivity index (χ0) is 16.3. The Kier molecular flexibility index (Phi) is 5.42. The van der Waals surface area contributed by atoms with Crippen LogP contribution in [0.5, 0.6) is 0 Å². The molecule has 3 amide bonds. The number of nitrogens with one attached hydrogen (secondary N) is 2. The molecule has 0 spiro atoms. The Bertz CT molecular complexity index is 450. The van der Waals surface area contributed by atoms with Crippen LogP contribution in [0.4, 0.5) is 4.79 Å². The van der Waals surface area contributed by atoms with E-state index in [-0.39, 0.29) is 24.0 Å². The van der Waals surface area contributed by atoms with Crippen LogP contribution in [0.25, 0.3) is 0 Å². The number of imide groups is 1. The molecule has 0 saturated carbocycles. The lowest BCUT2D eigenvalue weighted by atomic mass is 9.95. The van der Waals surface area contributed by atoms with E-state index < -0.39 is 0 Å². The predicted octanol–water partition coefficient (Wildman–Crippen LogP) is 1.59. The Balaban J connectivity index is 2.17. The van der Waals surface area contributed by atoms with Gasteiger partial charge in [-0.1, -0.05) is 33.3 Å². The largest absolute Gasteiger partial charge is 0.395 e. The Morgan fingerprint density at radius 1 is 1.32 bits per heavy atom. The van der Waals surface area contributed by atoms with Crippen molar-refractivity contribution in [2.75, 3.05) is 6.54 Å². The normalized spacial score (nSPS) is 25.3. The number of carbonyl (C=O) groups excluding carboxylic acids is 2. The number of urea groups is 1. The zero-order valence-corrected chi connectivity index (χ0v) is 13.7. The van der Waals surface area contributed by atoms with Crippen molar-refractivity contribution in [1.82, 2.24) is 20.8 Å². The van der Waals surface area contributed by atoms with E-state index in [1.165, 1.54) is 22.4 Å². The molecular formula is C15H26N4O3. The summed E-state index contributed by atoms with van der Waals surface area (Å²) in [5, 5.41) is 4.50. The van der Waals surface area contributed by atoms with Gasteiger partial charge in [0, 0.05) is 6.54 Å². The summed E-state index contributed by atoms with van der Waals surface area (Å²) in [5.41, 5.74) is 2.46. The summed E-state index contributed by atoms with van der Waals surface area (Å²) >= 11 is 0. The summed E-state index contributed by atoms with van der Waals surface area (Å²) in [5.74, 6) is 0.626. The van der Waals surface area contributed by atoms with Crippen LogP contribution >= 0.6 is 0 Å². The smallest absolute Gasteiger partial charge is 0.348 e. The quantitative estimate of drug-likeness (QED) is 0.825. The summed E-state index contributed by atoms with van der Waals surface area (Å²) in [7, 11) is 0. The molecule has 124 valence electrons. The minimum Gasteiger partial charge on any atom is -0.395 e. The van der Waals surface area contributed by atoms with Gasteiger partial charge in [-0.15, -0.1) is 0 Å². The number of hydrazine groups is 1. The molecule has 2 N–H and O–H groups in total. The lowest BCUT2D eigenvalue weighted by Crippen LogP contribution is -2.64. The molecule has 7 nitrogen and oxygen atoms in total. The van der Waals surface area contributed by atoms with Crippen molar-refractivity contribution in [1.29, 1.82) is 0 Å². The van der Waals surface area contributed by atoms with E-state index in [0.717, 1.165) is 12.8 Å². The third-order valence-corrected chi connectivity index (χ3v) is 3.79. The van der Waals surface area contributed by atoms with E-state index >= 15 is 0 Å². The number of nitrogens with zero attached hydrogens (tertiary/aromatic N) is 2. The molecule has 0 aliphatic carbocycles. The Labute approximate surface area is 131 Å². The first-order valence-electron chi connectivity index (χ1n) is 7.87. The molecule has 0 aromatic carbocycles. The van der Waals surface area contributed by atoms with Crippen LogP contribution < -0.4 is 10.9 Å². The lowest BCUT2D eigenvalue weighted by molar-refractivity contribution is -0.136. The second kappa shape index (κ2) is 7.11. The maximum Gasteiger partial charge on any atom is 0.348 e. The number of piperazine rings is 1. The number of hydrogen-bond donors (Lipinski definition) is 2. The van der Waals surface area contributed by atoms with Crippen LogP contribution in [-0.4, -0.2) is 40.5 Å². The van der Waals surface area contributed by atoms with Crippen molar-refractivity contribution in [2.45, 2.75) is 52.6 Å². The SMILES string of the molecule is CC(C)CC1NCC(CC(C)C)N(C(=O)N2C=CON2)C1=O. The minimum atomic E-state index is -0.389. The van der Waals surface area contributed by atoms with Gasteiger partial charge in [-0.05, 0) is 24.7 Å². The van der Waals surface area contributed by atoms with Gasteiger partial charge in [-0.25, -0.2) is 4.79 Å². The first-order valence-corrected chi connectivity index (χ1v) is 7.87. The van der Waals surface area contributed by atoms with Crippen LogP contribution in [0.1, 0.15) is 40.5 Å². The molecule has 0 aromatic rings. The van der Waals surface area contributed by atoms with Gasteiger partial charge in [0.25, 0.3) is 0 Å². The highest BCUT2D eigenvalue weighted by atomic mass is 16.7. The molecule has 7 heteroatoms. The highest BCUT2D eigenvalue weighted by Crippen LogP contribution is 2.21. The van der Waals surface area contributed by atoms with Gasteiger partial charge in [0.15, 0.2) is 0 Å². The van der Waals surface area contributed by atoms with Crippen molar-refractivity contribution < 1.29 is 14.4 Å². The maximum absolute atomic E-state index is 12.8. The number of hydrogen-bond acceptors (Lipinski definition) is 5. The summed E-state index contributed by atoms with van der Waals surface area (Å²) in [4.78, 5) is 31.6. The molecule has 1 saturated heterocycles. The second-order valence-electron chi connectivity index (χ2n) is 6.73. The monoisotopic (exact) mass is 310 g/mol. The van der Waals surface area contributed by atoms with Crippen molar-refractivity contribution in [3.63, 3.8) is 0 Å². The molecule has 1 fully saturated rings. The van der Waals surface area contributed by atoms with Gasteiger partial charge in [0.05, 0.1) is 18.3 Å². The fraction of sp³-hybridized carbons (Fsp3) is 0.733. The van der Waals surface area contributed by atoms with E-state index in [2.05, 4.69) is 38.6 Å². The molecule has 2 unspecified atom stereocenters. The van der Waals surface area contributed by atoms with Gasteiger partial charge in [0.1, 0.15) is 6.26 Å². The van der Waals surface area contributed by atoms with Crippen molar-refractivity contribution in [2.24, 2.45) is 11.8 Å². The molecule has 2 rings (SSSR count). The highest BCUT2D eigenvalue weighted by molar-refractivity contribution is 5.98. The lowest BCUT2D eigenvalue weighted by Gasteiger charge is -2.40. The fourth-order valence-corrected chi connectivity index (χ4v) is 2.87. The third kappa shape index (κ3) is 3.78. The highest BCUT2D eigenvalue weighted by Gasteiger charge is 2.41. The van der Waals surface area contributed by atoms with Crippen LogP contribution in [0.15, 0.2) is 12.5 Å². The zero-order valence-electron chi connectivity index (χ0n) is 13.7. The Morgan fingerprint density at radius 2 is 2.00 bits per heavy atom. The van der Waals surface area contributed by atoms with Crippen LogP contribution in [0.2, 0.25) is 0 Å². The average Bonchev–Trinajstić information content (AvgIpc) is 2.94. The third-order valence-electron chi connectivity index (χ3n) is 3.79. The van der Waals surface area contributed by atoms with Gasteiger partial charge in [-0.2, -0.15) is 5.01 Å². The fourth-order valence-electron chi connectivity index (χ4n) is 2.87. The van der Waals surface area contributed by atoms with E-state index in [0.29, 0.717) is 18.4 Å². The molecule has 22 heavy (non-hydrogen) atoms. The van der Waals surface area contributed by atoms with Crippen LogP contribution in [0.3, 0.4) is 0 Å². The van der Waals surface area contributed by atoms with E-state index in [9.17, 15) is 9.59 Å². The molecule has 0 radical (unpaired) electrons. The first kappa shape index (κ1) is 16.8. The molecule has 0 bridgehead atoms. The standard InChI is InChI=1S/C15H26N4O3/c1-10(2)7-12-9-16-13(8-11(3)4)14(20)19(12)15(21)18-5-6-22-17-18/h5-6,10-13,16-17H,7-9H2,1-4H3. The van der Waals surface area contributed by atoms with Crippen molar-refractivity contribution in [3.05, 3.63) is 12.5 Å². The van der Waals surface area contributed by atoms with Gasteiger partial charge >= 0.3 is 6.03 Å². The summed E-state index contributed by atoms with van der Waals surface area (Å²) in [6.07, 6.45) is 4.34. The van der Waals surface area contributed by atoms with Gasteiger partial charge in [0.2, 0.25) is 5.91 Å². The summed E-state index contributed by atoms with van der Waals surface area (Å²) < 4.78 is 0. The van der Waals surface area contributed by atoms with Crippen LogP contribution in [-0.2, 0) is 9.63 Å². The molecular weight excluding hydrogens is 284 g/mol. The average molecular weight is 310 g/mol. The van der Waals surface area contributed by atoms with Gasteiger partial charge < -0.3 is 10.2 Å². The van der Waals surface area contributed by atoms with Crippen LogP contribution in [0, 0.1) is 11.8 Å². The predicted molar refractivity (Wildman–Crippen MR) is 81.9 cm³/mol. The van der Waals surface area contributed by atoms with Crippen molar-refractivity contribution in [3.8, 4) is 0 Å². The Morgan fingerprint density at radius 3 is 2.55 bits per heavy atom. The maximum atomic E-state index is 12.8. The number of rotatable bonds is 4. The molecule has 2 aliphatic rings. The molecule has 2 heterocycles. The molecule has 2 atom stereocenters. The minimum absolute atomic E-state index is 0.140. The van der Waals surface area contributed by atoms with Crippen molar-refractivity contribution >= 4 is 11.9 Å². The topological polar surface area (TPSA) is 73.9 Å². The number of carbonyl (C=O) groups is 2. The molecule has 0 aromatic heterocycles. The van der Waals surface area contributed by atoms with E-state index in [4.69, 9.17) is 4.84 Å². The number of amides is 3. The summed E-state index contributed by atoms with van der Waals surface area (Å²) in [6.45, 7) is 8.94. The second-order valence-corrected chi connectivity index (χ2v) is 6.73. The first-order chi connectivity index (χ1) is 10.4. The Hall–Kier alpha value is -1.60.